The van der Waals surface area contributed by atoms with Crippen molar-refractivity contribution in [1.29, 1.82) is 0 Å². The van der Waals surface area contributed by atoms with Gasteiger partial charge in [0.2, 0.25) is 10.0 Å². The van der Waals surface area contributed by atoms with E-state index >= 15 is 0 Å². The highest BCUT2D eigenvalue weighted by Gasteiger charge is 2.56. The van der Waals surface area contributed by atoms with E-state index in [9.17, 15) is 35.2 Å². The number of nitrogens with one attached hydrogen (secondary N) is 2. The number of alkyl halides is 5. The van der Waals surface area contributed by atoms with Crippen LogP contribution in [0, 0.1) is 13.8 Å². The number of ether oxygens (including phenoxy) is 1. The lowest BCUT2D eigenvalue weighted by Gasteiger charge is -2.34. The summed E-state index contributed by atoms with van der Waals surface area (Å²) in [4.78, 5) is 17.6. The molecule has 43 heavy (non-hydrogen) atoms. The van der Waals surface area contributed by atoms with E-state index in [0.717, 1.165) is 22.4 Å². The molecule has 2 aromatic carbocycles. The second kappa shape index (κ2) is 12.2. The minimum Gasteiger partial charge on any atom is -0.494 e. The number of benzene rings is 2. The minimum atomic E-state index is -5.61. The van der Waals surface area contributed by atoms with E-state index in [4.69, 9.17) is 4.74 Å². The topological polar surface area (TPSA) is 100 Å². The van der Waals surface area contributed by atoms with Gasteiger partial charge in [-0.05, 0) is 80.1 Å². The van der Waals surface area contributed by atoms with Gasteiger partial charge in [0.25, 0.3) is 5.91 Å². The number of hydrogen-bond acceptors (Lipinski definition) is 6. The molecule has 0 aromatic heterocycles. The Morgan fingerprint density at radius 3 is 2.35 bits per heavy atom. The van der Waals surface area contributed by atoms with Crippen molar-refractivity contribution in [1.82, 2.24) is 9.62 Å². The number of aryl methyl sites for hydroxylation is 2. The molecule has 234 valence electrons. The summed E-state index contributed by atoms with van der Waals surface area (Å²) >= 11 is 0. The summed E-state index contributed by atoms with van der Waals surface area (Å²) in [5.41, 5.74) is 2.90. The van der Waals surface area contributed by atoms with Crippen LogP contribution < -0.4 is 15.4 Å². The van der Waals surface area contributed by atoms with E-state index in [1.807, 2.05) is 33.0 Å². The van der Waals surface area contributed by atoms with E-state index in [0.29, 0.717) is 5.56 Å². The van der Waals surface area contributed by atoms with Crippen LogP contribution in [-0.4, -0.2) is 68.8 Å². The molecule has 14 heteroatoms. The molecule has 2 aliphatic heterocycles. The Morgan fingerprint density at radius 1 is 1.09 bits per heavy atom. The van der Waals surface area contributed by atoms with Gasteiger partial charge in [-0.15, -0.1) is 0 Å². The van der Waals surface area contributed by atoms with Crippen LogP contribution in [0.25, 0.3) is 6.08 Å². The van der Waals surface area contributed by atoms with Gasteiger partial charge in [0.1, 0.15) is 17.1 Å². The number of rotatable bonds is 10. The van der Waals surface area contributed by atoms with Crippen molar-refractivity contribution in [3.8, 4) is 5.75 Å². The molecule has 0 aliphatic carbocycles. The van der Waals surface area contributed by atoms with Crippen LogP contribution in [0.2, 0.25) is 0 Å². The van der Waals surface area contributed by atoms with Gasteiger partial charge in [0, 0.05) is 43.2 Å². The lowest BCUT2D eigenvalue weighted by molar-refractivity contribution is -0.284. The number of carbonyl (C=O) groups excluding carboxylic acids is 1. The summed E-state index contributed by atoms with van der Waals surface area (Å²) in [6, 6.07) is 10.1. The summed E-state index contributed by atoms with van der Waals surface area (Å²) in [7, 11) is -1.95. The summed E-state index contributed by atoms with van der Waals surface area (Å²) < 4.78 is 96.1. The quantitative estimate of drug-likeness (QED) is 0.271. The number of sulfonamides is 1. The van der Waals surface area contributed by atoms with Crippen molar-refractivity contribution in [3.63, 3.8) is 0 Å². The number of piperidine rings is 1. The lowest BCUT2D eigenvalue weighted by atomic mass is 9.89. The van der Waals surface area contributed by atoms with Gasteiger partial charge >= 0.3 is 12.1 Å². The maximum Gasteiger partial charge on any atom is 0.453 e. The lowest BCUT2D eigenvalue weighted by Crippen LogP contribution is -2.50. The van der Waals surface area contributed by atoms with Crippen molar-refractivity contribution in [2.75, 3.05) is 32.1 Å². The zero-order valence-corrected chi connectivity index (χ0v) is 24.7. The maximum absolute atomic E-state index is 13.1. The van der Waals surface area contributed by atoms with Gasteiger partial charge in [-0.2, -0.15) is 26.3 Å². The molecule has 0 atom stereocenters. The molecule has 2 N–H and O–H groups in total. The van der Waals surface area contributed by atoms with Crippen LogP contribution in [0.5, 0.6) is 5.75 Å². The molecule has 1 saturated heterocycles. The zero-order chi connectivity index (χ0) is 31.6. The highest BCUT2D eigenvalue weighted by atomic mass is 32.2. The number of hydrogen-bond donors (Lipinski definition) is 2. The van der Waals surface area contributed by atoms with Crippen molar-refractivity contribution in [2.45, 2.75) is 57.2 Å². The predicted octanol–water partition coefficient (Wildman–Crippen LogP) is 5.41. The number of aliphatic imine (C=N–C) groups is 1. The van der Waals surface area contributed by atoms with Gasteiger partial charge in [0.15, 0.2) is 0 Å². The first-order chi connectivity index (χ1) is 20.1. The van der Waals surface area contributed by atoms with E-state index in [2.05, 4.69) is 15.6 Å². The molecule has 0 saturated carbocycles. The number of anilines is 1. The molecule has 8 nitrogen and oxygen atoms in total. The predicted molar refractivity (Wildman–Crippen MR) is 154 cm³/mol. The molecule has 0 radical (unpaired) electrons. The van der Waals surface area contributed by atoms with Crippen LogP contribution >= 0.6 is 0 Å². The molecule has 1 fully saturated rings. The van der Waals surface area contributed by atoms with Gasteiger partial charge in [0.05, 0.1) is 6.61 Å². The van der Waals surface area contributed by atoms with Crippen LogP contribution in [0.4, 0.5) is 27.6 Å². The van der Waals surface area contributed by atoms with Crippen molar-refractivity contribution < 1.29 is 39.9 Å². The second-order valence-corrected chi connectivity index (χ2v) is 12.5. The van der Waals surface area contributed by atoms with Gasteiger partial charge in [-0.1, -0.05) is 12.1 Å². The Morgan fingerprint density at radius 2 is 1.74 bits per heavy atom. The Balaban J connectivity index is 1.39. The normalized spacial score (nSPS) is 17.8. The van der Waals surface area contributed by atoms with E-state index in [1.54, 1.807) is 18.2 Å². The average molecular weight is 629 g/mol. The first-order valence-electron chi connectivity index (χ1n) is 13.6. The van der Waals surface area contributed by atoms with E-state index in [1.165, 1.54) is 21.8 Å². The van der Waals surface area contributed by atoms with Crippen molar-refractivity contribution in [3.05, 3.63) is 64.1 Å². The molecule has 0 bridgehead atoms. The highest BCUT2D eigenvalue weighted by Crippen LogP contribution is 2.39. The molecule has 1 amide bonds. The second-order valence-electron chi connectivity index (χ2n) is 10.6. The highest BCUT2D eigenvalue weighted by molar-refractivity contribution is 7.92. The van der Waals surface area contributed by atoms with E-state index < -0.39 is 40.5 Å². The Hall–Kier alpha value is -3.52. The van der Waals surface area contributed by atoms with Crippen LogP contribution in [0.3, 0.4) is 0 Å². The average Bonchev–Trinajstić information content (AvgIpc) is 3.25. The fourth-order valence-corrected chi connectivity index (χ4v) is 6.26. The fraction of sp³-hybridized carbons (Fsp3) is 0.448. The molecular weight excluding hydrogens is 595 g/mol. The Labute approximate surface area is 247 Å². The van der Waals surface area contributed by atoms with Crippen molar-refractivity contribution >= 4 is 33.5 Å². The third kappa shape index (κ3) is 7.18. The minimum absolute atomic E-state index is 0.0826. The molecule has 4 rings (SSSR count). The van der Waals surface area contributed by atoms with Gasteiger partial charge < -0.3 is 15.4 Å². The standard InChI is InChI=1S/C29H33F5N4O4S/c1-19-16-22(35-3)17-20(2)24(19)8-15-43(40,41)38-12-10-27(11-13-38)26(39)36-25(37-27)21-6-4-7-23(18-21)42-14-5-9-28(30,31)29(32,33)34/h4,6-8,15-18,35H,5,9-14H2,1-3H3,(H,36,37,39)/b15-8+. The van der Waals surface area contributed by atoms with Gasteiger partial charge in [-0.25, -0.2) is 8.42 Å². The summed E-state index contributed by atoms with van der Waals surface area (Å²) in [5, 5.41) is 6.98. The largest absolute Gasteiger partial charge is 0.494 e. The maximum atomic E-state index is 13.1. The molecule has 2 heterocycles. The zero-order valence-electron chi connectivity index (χ0n) is 23.9. The third-order valence-electron chi connectivity index (χ3n) is 7.60. The number of amides is 1. The van der Waals surface area contributed by atoms with E-state index in [-0.39, 0.29) is 50.0 Å². The molecule has 1 spiro atoms. The first-order valence-corrected chi connectivity index (χ1v) is 15.1. The van der Waals surface area contributed by atoms with Crippen LogP contribution in [0.1, 0.15) is 47.9 Å². The molecule has 0 unspecified atom stereocenters. The third-order valence-corrected chi connectivity index (χ3v) is 9.17. The Bertz CT molecular complexity index is 1510. The molecule has 2 aromatic rings. The summed E-state index contributed by atoms with van der Waals surface area (Å²) in [5.74, 6) is -4.71. The first kappa shape index (κ1) is 32.4. The number of amidine groups is 1. The number of nitrogens with zero attached hydrogens (tertiary/aromatic N) is 2. The van der Waals surface area contributed by atoms with Gasteiger partial charge in [-0.3, -0.25) is 9.79 Å². The monoisotopic (exact) mass is 628 g/mol. The van der Waals surface area contributed by atoms with Crippen molar-refractivity contribution in [2.24, 2.45) is 4.99 Å². The Kier molecular flexibility index (Phi) is 9.21. The summed E-state index contributed by atoms with van der Waals surface area (Å²) in [6.45, 7) is 3.61. The van der Waals surface area contributed by atoms with Crippen LogP contribution in [0.15, 0.2) is 46.8 Å². The smallest absolute Gasteiger partial charge is 0.453 e. The summed E-state index contributed by atoms with van der Waals surface area (Å²) in [6.07, 6.45) is -5.63. The molecule has 2 aliphatic rings. The van der Waals surface area contributed by atoms with Crippen LogP contribution in [-0.2, 0) is 14.8 Å². The fourth-order valence-electron chi connectivity index (χ4n) is 5.08. The number of carbonyl (C=O) groups is 1. The number of halogens is 5. The molecular formula is C29H33F5N4O4S. The SMILES string of the molecule is CNc1cc(C)c(/C=C/S(=O)(=O)N2CCC3(CC2)N=C(c2cccc(OCCCC(F)(F)C(F)(F)F)c2)NC3=O)c(C)c1.